The van der Waals surface area contributed by atoms with Crippen LogP contribution in [-0.2, 0) is 0 Å². The number of hydrogen-bond donors (Lipinski definition) is 3. The van der Waals surface area contributed by atoms with Gasteiger partial charge in [0.1, 0.15) is 0 Å². The third kappa shape index (κ3) is 2.51. The van der Waals surface area contributed by atoms with Gasteiger partial charge in [-0.2, -0.15) is 0 Å². The summed E-state index contributed by atoms with van der Waals surface area (Å²) in [4.78, 5) is 11.5. The minimum absolute atomic E-state index is 0.414. The number of fused-ring (bicyclic) bond motifs is 1. The van der Waals surface area contributed by atoms with Crippen LogP contribution in [0.1, 0.15) is 10.4 Å². The van der Waals surface area contributed by atoms with E-state index in [2.05, 4.69) is 5.32 Å². The van der Waals surface area contributed by atoms with Crippen molar-refractivity contribution in [1.82, 2.24) is 0 Å². The standard InChI is InChI=1S/C17H15N3O/c18-12-8-9-14(17(19)21)16(10-12)20-15-7-3-5-11-4-1-2-6-13(11)15/h1-10,20H,18H2,(H2,19,21). The summed E-state index contributed by atoms with van der Waals surface area (Å²) in [6, 6.07) is 19.0. The summed E-state index contributed by atoms with van der Waals surface area (Å²) < 4.78 is 0. The molecule has 5 N–H and O–H groups in total. The number of nitrogens with two attached hydrogens (primary N) is 2. The van der Waals surface area contributed by atoms with Crippen molar-refractivity contribution < 1.29 is 4.79 Å². The molecule has 21 heavy (non-hydrogen) atoms. The first kappa shape index (κ1) is 13.0. The van der Waals surface area contributed by atoms with Crippen molar-refractivity contribution in [3.8, 4) is 0 Å². The number of primary amides is 1. The van der Waals surface area contributed by atoms with E-state index in [9.17, 15) is 4.79 Å². The predicted molar refractivity (Wildman–Crippen MR) is 86.6 cm³/mol. The lowest BCUT2D eigenvalue weighted by Crippen LogP contribution is -2.13. The average Bonchev–Trinajstić information content (AvgIpc) is 2.47. The molecule has 0 aliphatic carbocycles. The van der Waals surface area contributed by atoms with Gasteiger partial charge >= 0.3 is 0 Å². The van der Waals surface area contributed by atoms with Crippen LogP contribution < -0.4 is 16.8 Å². The number of nitrogen functional groups attached to an aromatic ring is 1. The van der Waals surface area contributed by atoms with E-state index < -0.39 is 5.91 Å². The Labute approximate surface area is 122 Å². The van der Waals surface area contributed by atoms with Crippen molar-refractivity contribution in [3.63, 3.8) is 0 Å². The van der Waals surface area contributed by atoms with E-state index in [4.69, 9.17) is 11.5 Å². The summed E-state index contributed by atoms with van der Waals surface area (Å²) in [5, 5.41) is 5.44. The van der Waals surface area contributed by atoms with Crippen LogP contribution in [-0.4, -0.2) is 5.91 Å². The van der Waals surface area contributed by atoms with Gasteiger partial charge < -0.3 is 16.8 Å². The van der Waals surface area contributed by atoms with Gasteiger partial charge in [0, 0.05) is 16.8 Å². The highest BCUT2D eigenvalue weighted by Gasteiger charge is 2.10. The molecule has 0 saturated heterocycles. The molecule has 0 aliphatic rings. The molecule has 4 nitrogen and oxygen atoms in total. The molecule has 0 saturated carbocycles. The number of nitrogens with one attached hydrogen (secondary N) is 1. The minimum Gasteiger partial charge on any atom is -0.399 e. The molecule has 0 heterocycles. The Morgan fingerprint density at radius 1 is 0.905 bits per heavy atom. The van der Waals surface area contributed by atoms with Gasteiger partial charge in [-0.25, -0.2) is 0 Å². The number of hydrogen-bond acceptors (Lipinski definition) is 3. The van der Waals surface area contributed by atoms with Crippen molar-refractivity contribution in [2.45, 2.75) is 0 Å². The Morgan fingerprint density at radius 2 is 1.67 bits per heavy atom. The Hall–Kier alpha value is -3.01. The zero-order chi connectivity index (χ0) is 14.8. The lowest BCUT2D eigenvalue weighted by Gasteiger charge is -2.13. The first-order valence-corrected chi connectivity index (χ1v) is 6.59. The number of benzene rings is 3. The molecule has 3 aromatic carbocycles. The molecule has 104 valence electrons. The van der Waals surface area contributed by atoms with E-state index in [-0.39, 0.29) is 0 Å². The summed E-state index contributed by atoms with van der Waals surface area (Å²) in [6.07, 6.45) is 0. The molecule has 4 heteroatoms. The van der Waals surface area contributed by atoms with E-state index in [1.807, 2.05) is 42.5 Å². The van der Waals surface area contributed by atoms with Crippen LogP contribution >= 0.6 is 0 Å². The Kier molecular flexibility index (Phi) is 3.20. The van der Waals surface area contributed by atoms with Crippen molar-refractivity contribution in [2.24, 2.45) is 5.73 Å². The Morgan fingerprint density at radius 3 is 2.48 bits per heavy atom. The monoisotopic (exact) mass is 277 g/mol. The highest BCUT2D eigenvalue weighted by Crippen LogP contribution is 2.28. The van der Waals surface area contributed by atoms with E-state index in [1.54, 1.807) is 18.2 Å². The number of amides is 1. The van der Waals surface area contributed by atoms with Gasteiger partial charge in [0.05, 0.1) is 11.3 Å². The van der Waals surface area contributed by atoms with Crippen LogP contribution in [0.25, 0.3) is 10.8 Å². The van der Waals surface area contributed by atoms with Crippen LogP contribution in [0.15, 0.2) is 60.7 Å². The second kappa shape index (κ2) is 5.17. The predicted octanol–water partition coefficient (Wildman–Crippen LogP) is 3.26. The first-order valence-electron chi connectivity index (χ1n) is 6.59. The van der Waals surface area contributed by atoms with Crippen LogP contribution in [0.2, 0.25) is 0 Å². The number of carbonyl (C=O) groups is 1. The van der Waals surface area contributed by atoms with Crippen molar-refractivity contribution in [2.75, 3.05) is 11.1 Å². The molecule has 0 aromatic heterocycles. The number of carbonyl (C=O) groups excluding carboxylic acids is 1. The quantitative estimate of drug-likeness (QED) is 0.643. The summed E-state index contributed by atoms with van der Waals surface area (Å²) in [6.45, 7) is 0. The Bertz CT molecular complexity index is 822. The summed E-state index contributed by atoms with van der Waals surface area (Å²) in [5.74, 6) is -0.488. The van der Waals surface area contributed by atoms with Gasteiger partial charge in [-0.05, 0) is 29.7 Å². The SMILES string of the molecule is NC(=O)c1ccc(N)cc1Nc1cccc2ccccc12. The maximum Gasteiger partial charge on any atom is 0.250 e. The highest BCUT2D eigenvalue weighted by molar-refractivity contribution is 6.02. The van der Waals surface area contributed by atoms with Gasteiger partial charge in [-0.1, -0.05) is 36.4 Å². The topological polar surface area (TPSA) is 81.1 Å². The molecule has 0 aliphatic heterocycles. The molecule has 1 amide bonds. The second-order valence-electron chi connectivity index (χ2n) is 4.82. The van der Waals surface area contributed by atoms with Crippen LogP contribution in [0, 0.1) is 0 Å². The molecule has 0 unspecified atom stereocenters. The van der Waals surface area contributed by atoms with Gasteiger partial charge in [0.2, 0.25) is 0 Å². The smallest absolute Gasteiger partial charge is 0.250 e. The van der Waals surface area contributed by atoms with Gasteiger partial charge in [0.25, 0.3) is 5.91 Å². The fraction of sp³-hybridized carbons (Fsp3) is 0. The molecule has 3 aromatic rings. The molecule has 0 atom stereocenters. The molecule has 0 bridgehead atoms. The molecule has 0 radical (unpaired) electrons. The van der Waals surface area contributed by atoms with E-state index >= 15 is 0 Å². The molecular formula is C17H15N3O. The van der Waals surface area contributed by atoms with Crippen molar-refractivity contribution >= 4 is 33.7 Å². The maximum atomic E-state index is 11.5. The molecule has 0 spiro atoms. The zero-order valence-electron chi connectivity index (χ0n) is 11.3. The number of anilines is 3. The van der Waals surface area contributed by atoms with E-state index in [1.165, 1.54) is 0 Å². The fourth-order valence-electron chi connectivity index (χ4n) is 2.36. The normalized spacial score (nSPS) is 10.5. The maximum absolute atomic E-state index is 11.5. The van der Waals surface area contributed by atoms with Crippen molar-refractivity contribution in [3.05, 3.63) is 66.2 Å². The van der Waals surface area contributed by atoms with Gasteiger partial charge in [-0.3, -0.25) is 4.79 Å². The van der Waals surface area contributed by atoms with Gasteiger partial charge in [-0.15, -0.1) is 0 Å². The van der Waals surface area contributed by atoms with Crippen LogP contribution in [0.4, 0.5) is 17.1 Å². The molecular weight excluding hydrogens is 262 g/mol. The third-order valence-electron chi connectivity index (χ3n) is 3.37. The Balaban J connectivity index is 2.11. The molecule has 3 rings (SSSR count). The zero-order valence-corrected chi connectivity index (χ0v) is 11.3. The lowest BCUT2D eigenvalue weighted by atomic mass is 10.1. The van der Waals surface area contributed by atoms with E-state index in [0.29, 0.717) is 16.9 Å². The van der Waals surface area contributed by atoms with E-state index in [0.717, 1.165) is 16.5 Å². The fourth-order valence-corrected chi connectivity index (χ4v) is 2.36. The largest absolute Gasteiger partial charge is 0.399 e. The second-order valence-corrected chi connectivity index (χ2v) is 4.82. The summed E-state index contributed by atoms with van der Waals surface area (Å²) in [5.41, 5.74) is 13.7. The lowest BCUT2D eigenvalue weighted by molar-refractivity contribution is 0.100. The average molecular weight is 277 g/mol. The first-order chi connectivity index (χ1) is 10.1. The molecule has 0 fully saturated rings. The summed E-state index contributed by atoms with van der Waals surface area (Å²) >= 11 is 0. The number of rotatable bonds is 3. The summed E-state index contributed by atoms with van der Waals surface area (Å²) in [7, 11) is 0. The van der Waals surface area contributed by atoms with Gasteiger partial charge in [0.15, 0.2) is 0 Å². The minimum atomic E-state index is -0.488. The van der Waals surface area contributed by atoms with Crippen molar-refractivity contribution in [1.29, 1.82) is 0 Å². The van der Waals surface area contributed by atoms with Crippen LogP contribution in [0.3, 0.4) is 0 Å². The third-order valence-corrected chi connectivity index (χ3v) is 3.37. The highest BCUT2D eigenvalue weighted by atomic mass is 16.1. The van der Waals surface area contributed by atoms with Crippen LogP contribution in [0.5, 0.6) is 0 Å².